The quantitative estimate of drug-likeness (QED) is 0.591. The number of carbonyl (C=O) groups is 2. The van der Waals surface area contributed by atoms with Gasteiger partial charge in [-0.3, -0.25) is 9.59 Å². The molecule has 0 spiro atoms. The Kier molecular flexibility index (Phi) is 5.07. The molecule has 0 aliphatic heterocycles. The van der Waals surface area contributed by atoms with Gasteiger partial charge in [0.2, 0.25) is 0 Å². The van der Waals surface area contributed by atoms with Crippen molar-refractivity contribution in [2.24, 2.45) is 5.92 Å². The number of aliphatic carboxylic acids is 1. The Morgan fingerprint density at radius 2 is 1.95 bits per heavy atom. The second kappa shape index (κ2) is 6.80. The molecule has 1 aromatic carbocycles. The fourth-order valence-electron chi connectivity index (χ4n) is 2.70. The van der Waals surface area contributed by atoms with Gasteiger partial charge in [-0.25, -0.2) is 0 Å². The summed E-state index contributed by atoms with van der Waals surface area (Å²) in [7, 11) is 0. The fraction of sp³-hybridized carbons (Fsp3) is 0.467. The van der Waals surface area contributed by atoms with Crippen LogP contribution in [0.4, 0.5) is 5.69 Å². The standard InChI is InChI=1S/C15H19ClN2O3/c16-11-8-9(6-7-12(11)17)14(19)18-13-5-3-1-2-4-10(13)15(20)21/h6-8,10,13H,1-5,17H2,(H,18,19)(H,20,21). The van der Waals surface area contributed by atoms with Gasteiger partial charge in [0.25, 0.3) is 5.91 Å². The van der Waals surface area contributed by atoms with Crippen molar-refractivity contribution in [1.82, 2.24) is 5.32 Å². The van der Waals surface area contributed by atoms with Gasteiger partial charge < -0.3 is 16.2 Å². The maximum atomic E-state index is 12.3. The average molecular weight is 311 g/mol. The van der Waals surface area contributed by atoms with Gasteiger partial charge in [0.1, 0.15) is 0 Å². The zero-order valence-corrected chi connectivity index (χ0v) is 12.4. The van der Waals surface area contributed by atoms with Crippen molar-refractivity contribution in [3.8, 4) is 0 Å². The smallest absolute Gasteiger partial charge is 0.308 e. The van der Waals surface area contributed by atoms with Crippen molar-refractivity contribution < 1.29 is 14.7 Å². The number of anilines is 1. The lowest BCUT2D eigenvalue weighted by Crippen LogP contribution is -2.42. The molecule has 1 saturated carbocycles. The van der Waals surface area contributed by atoms with Crippen LogP contribution in [0, 0.1) is 5.92 Å². The Bertz CT molecular complexity index is 548. The molecule has 2 unspecified atom stereocenters. The number of hydrogen-bond acceptors (Lipinski definition) is 3. The van der Waals surface area contributed by atoms with Crippen molar-refractivity contribution in [2.45, 2.75) is 38.1 Å². The van der Waals surface area contributed by atoms with Crippen LogP contribution in [0.5, 0.6) is 0 Å². The highest BCUT2D eigenvalue weighted by Gasteiger charge is 2.30. The molecule has 5 nitrogen and oxygen atoms in total. The minimum atomic E-state index is -0.850. The number of carboxylic acid groups (broad SMARTS) is 1. The van der Waals surface area contributed by atoms with Crippen LogP contribution in [0.25, 0.3) is 0 Å². The Morgan fingerprint density at radius 1 is 1.24 bits per heavy atom. The molecule has 0 heterocycles. The topological polar surface area (TPSA) is 92.4 Å². The van der Waals surface area contributed by atoms with Crippen LogP contribution in [0.15, 0.2) is 18.2 Å². The molecule has 2 atom stereocenters. The van der Waals surface area contributed by atoms with Crippen molar-refractivity contribution in [3.05, 3.63) is 28.8 Å². The molecular weight excluding hydrogens is 292 g/mol. The van der Waals surface area contributed by atoms with E-state index in [1.54, 1.807) is 12.1 Å². The SMILES string of the molecule is Nc1ccc(C(=O)NC2CCCCCC2C(=O)O)cc1Cl. The summed E-state index contributed by atoms with van der Waals surface area (Å²) in [5.74, 6) is -1.69. The van der Waals surface area contributed by atoms with E-state index in [1.807, 2.05) is 0 Å². The number of rotatable bonds is 3. The number of hydrogen-bond donors (Lipinski definition) is 3. The van der Waals surface area contributed by atoms with Gasteiger partial charge in [-0.15, -0.1) is 0 Å². The van der Waals surface area contributed by atoms with Gasteiger partial charge >= 0.3 is 5.97 Å². The van der Waals surface area contributed by atoms with E-state index in [0.717, 1.165) is 19.3 Å². The first-order chi connectivity index (χ1) is 9.99. The summed E-state index contributed by atoms with van der Waals surface area (Å²) in [5, 5.41) is 12.5. The van der Waals surface area contributed by atoms with E-state index in [2.05, 4.69) is 5.32 Å². The number of amides is 1. The number of nitrogen functional groups attached to an aromatic ring is 1. The minimum Gasteiger partial charge on any atom is -0.481 e. The Morgan fingerprint density at radius 3 is 2.62 bits per heavy atom. The number of nitrogens with one attached hydrogen (secondary N) is 1. The molecule has 1 aromatic rings. The summed E-state index contributed by atoms with van der Waals surface area (Å²) in [6, 6.07) is 4.31. The van der Waals surface area contributed by atoms with Crippen LogP contribution in [0.2, 0.25) is 5.02 Å². The molecule has 6 heteroatoms. The fourth-order valence-corrected chi connectivity index (χ4v) is 2.88. The van der Waals surface area contributed by atoms with E-state index in [-0.39, 0.29) is 11.9 Å². The third-order valence-corrected chi connectivity index (χ3v) is 4.24. The molecule has 1 fully saturated rings. The van der Waals surface area contributed by atoms with Crippen LogP contribution in [-0.2, 0) is 4.79 Å². The zero-order chi connectivity index (χ0) is 15.4. The second-order valence-corrected chi connectivity index (χ2v) is 5.81. The Labute approximate surface area is 128 Å². The maximum absolute atomic E-state index is 12.3. The summed E-state index contributed by atoms with van der Waals surface area (Å²) >= 11 is 5.91. The van der Waals surface area contributed by atoms with Crippen LogP contribution < -0.4 is 11.1 Å². The van der Waals surface area contributed by atoms with Crippen molar-refractivity contribution in [3.63, 3.8) is 0 Å². The molecule has 0 saturated heterocycles. The highest BCUT2D eigenvalue weighted by Crippen LogP contribution is 2.25. The number of benzene rings is 1. The molecular formula is C15H19ClN2O3. The molecule has 2 rings (SSSR count). The highest BCUT2D eigenvalue weighted by molar-refractivity contribution is 6.33. The molecule has 0 aromatic heterocycles. The van der Waals surface area contributed by atoms with E-state index in [1.165, 1.54) is 6.07 Å². The van der Waals surface area contributed by atoms with Crippen LogP contribution >= 0.6 is 11.6 Å². The van der Waals surface area contributed by atoms with E-state index in [9.17, 15) is 14.7 Å². The largest absolute Gasteiger partial charge is 0.481 e. The van der Waals surface area contributed by atoms with E-state index in [0.29, 0.717) is 29.1 Å². The van der Waals surface area contributed by atoms with Crippen LogP contribution in [0.3, 0.4) is 0 Å². The average Bonchev–Trinajstić information content (AvgIpc) is 2.67. The molecule has 4 N–H and O–H groups in total. The zero-order valence-electron chi connectivity index (χ0n) is 11.6. The monoisotopic (exact) mass is 310 g/mol. The lowest BCUT2D eigenvalue weighted by molar-refractivity contribution is -0.142. The third-order valence-electron chi connectivity index (χ3n) is 3.91. The molecule has 114 valence electrons. The van der Waals surface area contributed by atoms with Gasteiger partial charge in [0.05, 0.1) is 16.6 Å². The molecule has 1 amide bonds. The minimum absolute atomic E-state index is 0.310. The van der Waals surface area contributed by atoms with E-state index < -0.39 is 11.9 Å². The first kappa shape index (κ1) is 15.6. The van der Waals surface area contributed by atoms with Crippen LogP contribution in [-0.4, -0.2) is 23.0 Å². The van der Waals surface area contributed by atoms with Gasteiger partial charge in [-0.1, -0.05) is 30.9 Å². The molecule has 0 bridgehead atoms. The van der Waals surface area contributed by atoms with E-state index in [4.69, 9.17) is 17.3 Å². The Hall–Kier alpha value is -1.75. The van der Waals surface area contributed by atoms with Crippen molar-refractivity contribution in [2.75, 3.05) is 5.73 Å². The van der Waals surface area contributed by atoms with E-state index >= 15 is 0 Å². The summed E-state index contributed by atoms with van der Waals surface area (Å²) in [5.41, 5.74) is 6.41. The van der Waals surface area contributed by atoms with Crippen molar-refractivity contribution >= 4 is 29.2 Å². The number of halogens is 1. The second-order valence-electron chi connectivity index (χ2n) is 5.40. The molecule has 1 aliphatic carbocycles. The first-order valence-corrected chi connectivity index (χ1v) is 7.45. The molecule has 1 aliphatic rings. The normalized spacial score (nSPS) is 22.3. The summed E-state index contributed by atoms with van der Waals surface area (Å²) < 4.78 is 0. The molecule has 0 radical (unpaired) electrons. The number of carbonyl (C=O) groups excluding carboxylic acids is 1. The number of carboxylic acids is 1. The van der Waals surface area contributed by atoms with Crippen molar-refractivity contribution in [1.29, 1.82) is 0 Å². The lowest BCUT2D eigenvalue weighted by Gasteiger charge is -2.23. The predicted molar refractivity (Wildman–Crippen MR) is 81.3 cm³/mol. The summed E-state index contributed by atoms with van der Waals surface area (Å²) in [6.07, 6.45) is 4.10. The van der Waals surface area contributed by atoms with Gasteiger partial charge in [0, 0.05) is 11.6 Å². The van der Waals surface area contributed by atoms with Crippen LogP contribution in [0.1, 0.15) is 42.5 Å². The van der Waals surface area contributed by atoms with Gasteiger partial charge in [-0.2, -0.15) is 0 Å². The number of nitrogens with two attached hydrogens (primary N) is 1. The van der Waals surface area contributed by atoms with Gasteiger partial charge in [0.15, 0.2) is 0 Å². The summed E-state index contributed by atoms with van der Waals surface area (Å²) in [6.45, 7) is 0. The predicted octanol–water partition coefficient (Wildman–Crippen LogP) is 2.69. The maximum Gasteiger partial charge on any atom is 0.308 e. The third kappa shape index (κ3) is 3.88. The molecule has 21 heavy (non-hydrogen) atoms. The van der Waals surface area contributed by atoms with Gasteiger partial charge in [-0.05, 0) is 31.0 Å². The highest BCUT2D eigenvalue weighted by atomic mass is 35.5. The first-order valence-electron chi connectivity index (χ1n) is 7.07. The Balaban J connectivity index is 2.12. The summed E-state index contributed by atoms with van der Waals surface area (Å²) in [4.78, 5) is 23.6. The lowest BCUT2D eigenvalue weighted by atomic mass is 9.94.